The number of halogens is 3. The first-order valence-electron chi connectivity index (χ1n) is 10.5. The van der Waals surface area contributed by atoms with E-state index in [0.29, 0.717) is 23.8 Å². The first kappa shape index (κ1) is 21.4. The smallest absolute Gasteiger partial charge is 0.142 e. The van der Waals surface area contributed by atoms with Gasteiger partial charge in [-0.25, -0.2) is 18.7 Å². The molecule has 0 saturated carbocycles. The Morgan fingerprint density at radius 2 is 1.48 bits per heavy atom. The second kappa shape index (κ2) is 9.52. The van der Waals surface area contributed by atoms with Gasteiger partial charge in [-0.2, -0.15) is 0 Å². The molecule has 4 rings (SSSR count). The van der Waals surface area contributed by atoms with Crippen LogP contribution in [0.25, 0.3) is 10.8 Å². The number of fused-ring (bicyclic) bond motifs is 1. The lowest BCUT2D eigenvalue weighted by atomic mass is 9.98. The maximum absolute atomic E-state index is 15.1. The zero-order valence-electron chi connectivity index (χ0n) is 17.3. The highest BCUT2D eigenvalue weighted by Gasteiger charge is 2.10. The average Bonchev–Trinajstić information content (AvgIpc) is 2.80. The van der Waals surface area contributed by atoms with E-state index in [1.165, 1.54) is 12.1 Å². The van der Waals surface area contributed by atoms with E-state index in [1.807, 2.05) is 42.7 Å². The summed E-state index contributed by atoms with van der Waals surface area (Å²) in [6, 6.07) is 14.3. The monoisotopic (exact) mass is 436 g/mol. The predicted molar refractivity (Wildman–Crippen MR) is 122 cm³/mol. The molecule has 0 atom stereocenters. The van der Waals surface area contributed by atoms with E-state index in [2.05, 4.69) is 16.9 Å². The van der Waals surface area contributed by atoms with Gasteiger partial charge in [-0.1, -0.05) is 54.9 Å². The molecule has 0 spiro atoms. The summed E-state index contributed by atoms with van der Waals surface area (Å²) >= 11 is 5.73. The molecule has 31 heavy (non-hydrogen) atoms. The van der Waals surface area contributed by atoms with Gasteiger partial charge >= 0.3 is 0 Å². The van der Waals surface area contributed by atoms with Gasteiger partial charge in [-0.3, -0.25) is 0 Å². The van der Waals surface area contributed by atoms with Crippen molar-refractivity contribution in [2.24, 2.45) is 0 Å². The highest BCUT2D eigenvalue weighted by Crippen LogP contribution is 2.25. The fraction of sp³-hybridized carbons (Fsp3) is 0.231. The number of nitrogens with zero attached hydrogens (tertiary/aromatic N) is 2. The SMILES string of the molecule is CCc1cnc(CCc2ccc3c(F)c(CCc4ccc(Cl)c(F)c4)ccc3c2)nc1. The normalized spacial score (nSPS) is 11.2. The van der Waals surface area contributed by atoms with Crippen molar-refractivity contribution in [2.75, 3.05) is 0 Å². The topological polar surface area (TPSA) is 25.8 Å². The van der Waals surface area contributed by atoms with Crippen LogP contribution >= 0.6 is 11.6 Å². The summed E-state index contributed by atoms with van der Waals surface area (Å²) in [4.78, 5) is 8.81. The van der Waals surface area contributed by atoms with E-state index in [-0.39, 0.29) is 10.8 Å². The van der Waals surface area contributed by atoms with Gasteiger partial charge < -0.3 is 0 Å². The Kier molecular flexibility index (Phi) is 6.57. The summed E-state index contributed by atoms with van der Waals surface area (Å²) in [7, 11) is 0. The molecule has 158 valence electrons. The van der Waals surface area contributed by atoms with Crippen LogP contribution in [0.2, 0.25) is 5.02 Å². The Balaban J connectivity index is 1.45. The lowest BCUT2D eigenvalue weighted by Gasteiger charge is -2.09. The minimum Gasteiger partial charge on any atom is -0.241 e. The van der Waals surface area contributed by atoms with Crippen LogP contribution in [-0.4, -0.2) is 9.97 Å². The van der Waals surface area contributed by atoms with Gasteiger partial charge in [0.15, 0.2) is 0 Å². The van der Waals surface area contributed by atoms with Crippen LogP contribution < -0.4 is 0 Å². The molecule has 3 aromatic carbocycles. The third-order valence-electron chi connectivity index (χ3n) is 5.57. The quantitative estimate of drug-likeness (QED) is 0.322. The minimum atomic E-state index is -0.447. The zero-order chi connectivity index (χ0) is 21.8. The molecule has 0 amide bonds. The Morgan fingerprint density at radius 1 is 0.774 bits per heavy atom. The van der Waals surface area contributed by atoms with E-state index >= 15 is 4.39 Å². The fourth-order valence-corrected chi connectivity index (χ4v) is 3.78. The Bertz CT molecular complexity index is 1210. The van der Waals surface area contributed by atoms with E-state index in [4.69, 9.17) is 11.6 Å². The maximum atomic E-state index is 15.1. The fourth-order valence-electron chi connectivity index (χ4n) is 3.66. The molecule has 2 nitrogen and oxygen atoms in total. The molecule has 0 unspecified atom stereocenters. The van der Waals surface area contributed by atoms with Gasteiger partial charge in [-0.05, 0) is 65.5 Å². The standard InChI is InChI=1S/C26H23ClF2N2/c1-2-17-15-30-25(31-16-17)12-6-18-4-10-22-21(13-18)9-8-20(26(22)29)7-3-19-5-11-23(27)24(28)14-19/h4-5,8-11,13-16H,2-3,6-7,12H2,1H3. The van der Waals surface area contributed by atoms with Crippen molar-refractivity contribution < 1.29 is 8.78 Å². The number of aryl methyl sites for hydroxylation is 5. The first-order chi connectivity index (χ1) is 15.0. The van der Waals surface area contributed by atoms with Crippen molar-refractivity contribution in [1.82, 2.24) is 9.97 Å². The lowest BCUT2D eigenvalue weighted by Crippen LogP contribution is -2.00. The van der Waals surface area contributed by atoms with Crippen molar-refractivity contribution in [3.63, 3.8) is 0 Å². The van der Waals surface area contributed by atoms with Crippen LogP contribution in [-0.2, 0) is 32.1 Å². The average molecular weight is 437 g/mol. The van der Waals surface area contributed by atoms with Crippen molar-refractivity contribution >= 4 is 22.4 Å². The van der Waals surface area contributed by atoms with Crippen LogP contribution in [0.15, 0.2) is 60.9 Å². The highest BCUT2D eigenvalue weighted by atomic mass is 35.5. The van der Waals surface area contributed by atoms with Crippen LogP contribution in [0.5, 0.6) is 0 Å². The molecule has 1 aromatic heterocycles. The second-order valence-corrected chi connectivity index (χ2v) is 8.11. The van der Waals surface area contributed by atoms with Crippen molar-refractivity contribution in [3.05, 3.63) is 106 Å². The Labute approximate surface area is 185 Å². The van der Waals surface area contributed by atoms with Gasteiger partial charge in [-0.15, -0.1) is 0 Å². The van der Waals surface area contributed by atoms with Crippen molar-refractivity contribution in [2.45, 2.75) is 39.0 Å². The number of hydrogen-bond acceptors (Lipinski definition) is 2. The molecule has 5 heteroatoms. The van der Waals surface area contributed by atoms with Crippen molar-refractivity contribution in [1.29, 1.82) is 0 Å². The summed E-state index contributed by atoms with van der Waals surface area (Å²) in [5.41, 5.74) is 3.67. The molecule has 0 bridgehead atoms. The van der Waals surface area contributed by atoms with Crippen LogP contribution in [0.4, 0.5) is 8.78 Å². The molecule has 0 N–H and O–H groups in total. The summed E-state index contributed by atoms with van der Waals surface area (Å²) in [5.74, 6) is 0.159. The second-order valence-electron chi connectivity index (χ2n) is 7.70. The van der Waals surface area contributed by atoms with Gasteiger partial charge in [0.2, 0.25) is 0 Å². The number of rotatable bonds is 7. The third-order valence-corrected chi connectivity index (χ3v) is 5.88. The van der Waals surface area contributed by atoms with Gasteiger partial charge in [0.25, 0.3) is 0 Å². The van der Waals surface area contributed by atoms with Crippen LogP contribution in [0.3, 0.4) is 0 Å². The van der Waals surface area contributed by atoms with Gasteiger partial charge in [0, 0.05) is 24.2 Å². The molecule has 0 fully saturated rings. The van der Waals surface area contributed by atoms with Gasteiger partial charge in [0.1, 0.15) is 17.5 Å². The number of aromatic nitrogens is 2. The lowest BCUT2D eigenvalue weighted by molar-refractivity contribution is 0.617. The summed E-state index contributed by atoms with van der Waals surface area (Å²) in [5, 5.41) is 1.58. The summed E-state index contributed by atoms with van der Waals surface area (Å²) in [6.07, 6.45) is 7.26. The minimum absolute atomic E-state index is 0.0981. The summed E-state index contributed by atoms with van der Waals surface area (Å²) in [6.45, 7) is 2.08. The molecule has 0 radical (unpaired) electrons. The van der Waals surface area contributed by atoms with Crippen molar-refractivity contribution in [3.8, 4) is 0 Å². The molecule has 4 aromatic rings. The predicted octanol–water partition coefficient (Wildman–Crippen LogP) is 6.69. The molecular formula is C26H23ClF2N2. The van der Waals surface area contributed by atoms with E-state index in [1.54, 1.807) is 6.07 Å². The summed E-state index contributed by atoms with van der Waals surface area (Å²) < 4.78 is 28.7. The van der Waals surface area contributed by atoms with E-state index in [0.717, 1.165) is 47.2 Å². The van der Waals surface area contributed by atoms with Crippen LogP contribution in [0.1, 0.15) is 35.0 Å². The van der Waals surface area contributed by atoms with E-state index in [9.17, 15) is 4.39 Å². The Morgan fingerprint density at radius 3 is 2.23 bits per heavy atom. The maximum Gasteiger partial charge on any atom is 0.142 e. The first-order valence-corrected chi connectivity index (χ1v) is 10.8. The molecule has 0 aliphatic heterocycles. The molecule has 0 saturated heterocycles. The van der Waals surface area contributed by atoms with E-state index < -0.39 is 5.82 Å². The molecule has 0 aliphatic carbocycles. The molecule has 0 aliphatic rings. The largest absolute Gasteiger partial charge is 0.241 e. The van der Waals surface area contributed by atoms with Crippen LogP contribution in [0, 0.1) is 11.6 Å². The zero-order valence-corrected chi connectivity index (χ0v) is 18.1. The molecule has 1 heterocycles. The van der Waals surface area contributed by atoms with Gasteiger partial charge in [0.05, 0.1) is 5.02 Å². The number of hydrogen-bond donors (Lipinski definition) is 0. The highest BCUT2D eigenvalue weighted by molar-refractivity contribution is 6.30. The molecular weight excluding hydrogens is 414 g/mol. The third kappa shape index (κ3) is 5.08. The number of benzene rings is 3. The Hall–Kier alpha value is -2.85.